The molecule has 1 saturated heterocycles. The topological polar surface area (TPSA) is 38.8 Å². The highest BCUT2D eigenvalue weighted by Gasteiger charge is 2.30. The third kappa shape index (κ3) is 2.26. The number of hydrogen-bond acceptors (Lipinski definition) is 3. The molecule has 2 unspecified atom stereocenters. The van der Waals surface area contributed by atoms with Crippen LogP contribution < -0.4 is 0 Å². The van der Waals surface area contributed by atoms with Gasteiger partial charge in [-0.1, -0.05) is 6.07 Å². The fourth-order valence-corrected chi connectivity index (χ4v) is 2.69. The van der Waals surface area contributed by atoms with Gasteiger partial charge in [0, 0.05) is 12.1 Å². The molecule has 0 spiro atoms. The number of morpholine rings is 1. The van der Waals surface area contributed by atoms with E-state index in [2.05, 4.69) is 0 Å². The van der Waals surface area contributed by atoms with E-state index in [4.69, 9.17) is 9.47 Å². The summed E-state index contributed by atoms with van der Waals surface area (Å²) in [4.78, 5) is 14.5. The van der Waals surface area contributed by atoms with Gasteiger partial charge in [0.1, 0.15) is 0 Å². The molecular weight excluding hydrogens is 242 g/mol. The molecular formula is C15H19NO3. The van der Waals surface area contributed by atoms with Crippen LogP contribution in [0.5, 0.6) is 0 Å². The highest BCUT2D eigenvalue weighted by molar-refractivity contribution is 5.94. The van der Waals surface area contributed by atoms with Crippen LogP contribution in [-0.4, -0.2) is 36.1 Å². The largest absolute Gasteiger partial charge is 0.375 e. The summed E-state index contributed by atoms with van der Waals surface area (Å²) in [5.74, 6) is 0.0948. The van der Waals surface area contributed by atoms with Crippen LogP contribution in [-0.2, 0) is 22.7 Å². The van der Waals surface area contributed by atoms with E-state index in [1.807, 2.05) is 36.9 Å². The number of fused-ring (bicyclic) bond motifs is 1. The van der Waals surface area contributed by atoms with E-state index in [9.17, 15) is 4.79 Å². The number of hydrogen-bond donors (Lipinski definition) is 0. The zero-order valence-electron chi connectivity index (χ0n) is 11.4. The SMILES string of the molecule is CC1OCCN(C(=O)c2ccc3c(c2)COC3)C1C. The van der Waals surface area contributed by atoms with Crippen LogP contribution in [0, 0.1) is 0 Å². The van der Waals surface area contributed by atoms with E-state index in [0.717, 1.165) is 11.1 Å². The summed E-state index contributed by atoms with van der Waals surface area (Å²) in [6.07, 6.45) is 0.0930. The van der Waals surface area contributed by atoms with Crippen LogP contribution in [0.15, 0.2) is 18.2 Å². The molecule has 1 aromatic rings. The maximum absolute atomic E-state index is 12.6. The number of ether oxygens (including phenoxy) is 2. The Bertz CT molecular complexity index is 500. The summed E-state index contributed by atoms with van der Waals surface area (Å²) >= 11 is 0. The second-order valence-corrected chi connectivity index (χ2v) is 5.29. The van der Waals surface area contributed by atoms with Gasteiger partial charge in [-0.25, -0.2) is 0 Å². The standard InChI is InChI=1S/C15H19NO3/c1-10-11(2)19-6-5-16(10)15(17)12-3-4-13-8-18-9-14(13)7-12/h3-4,7,10-11H,5-6,8-9H2,1-2H3. The van der Waals surface area contributed by atoms with Crippen molar-refractivity contribution < 1.29 is 14.3 Å². The van der Waals surface area contributed by atoms with Crippen molar-refractivity contribution >= 4 is 5.91 Å². The molecule has 2 aliphatic rings. The Morgan fingerprint density at radius 1 is 1.26 bits per heavy atom. The average molecular weight is 261 g/mol. The van der Waals surface area contributed by atoms with Crippen LogP contribution in [0.2, 0.25) is 0 Å². The van der Waals surface area contributed by atoms with Crippen molar-refractivity contribution in [1.82, 2.24) is 4.90 Å². The van der Waals surface area contributed by atoms with Gasteiger partial charge in [0.2, 0.25) is 0 Å². The summed E-state index contributed by atoms with van der Waals surface area (Å²) in [6, 6.07) is 6.00. The maximum atomic E-state index is 12.6. The Morgan fingerprint density at radius 2 is 2.05 bits per heavy atom. The molecule has 4 heteroatoms. The number of benzene rings is 1. The third-order valence-electron chi connectivity index (χ3n) is 4.11. The zero-order valence-corrected chi connectivity index (χ0v) is 11.4. The van der Waals surface area contributed by atoms with Crippen molar-refractivity contribution in [2.45, 2.75) is 39.2 Å². The second-order valence-electron chi connectivity index (χ2n) is 5.29. The van der Waals surface area contributed by atoms with Crippen LogP contribution in [0.25, 0.3) is 0 Å². The first-order valence-electron chi connectivity index (χ1n) is 6.79. The summed E-state index contributed by atoms with van der Waals surface area (Å²) in [5.41, 5.74) is 3.09. The van der Waals surface area contributed by atoms with Crippen molar-refractivity contribution in [2.75, 3.05) is 13.2 Å². The summed E-state index contributed by atoms with van der Waals surface area (Å²) in [6.45, 7) is 6.61. The average Bonchev–Trinajstić information content (AvgIpc) is 2.88. The second kappa shape index (κ2) is 4.94. The van der Waals surface area contributed by atoms with Gasteiger partial charge in [-0.05, 0) is 37.1 Å². The van der Waals surface area contributed by atoms with Crippen molar-refractivity contribution in [1.29, 1.82) is 0 Å². The van der Waals surface area contributed by atoms with Crippen LogP contribution >= 0.6 is 0 Å². The molecule has 1 aromatic carbocycles. The quantitative estimate of drug-likeness (QED) is 0.775. The minimum absolute atomic E-state index is 0.0930. The molecule has 0 saturated carbocycles. The fraction of sp³-hybridized carbons (Fsp3) is 0.533. The first kappa shape index (κ1) is 12.6. The third-order valence-corrected chi connectivity index (χ3v) is 4.11. The van der Waals surface area contributed by atoms with Crippen LogP contribution in [0.1, 0.15) is 35.3 Å². The van der Waals surface area contributed by atoms with Gasteiger partial charge in [-0.3, -0.25) is 4.79 Å². The van der Waals surface area contributed by atoms with E-state index in [0.29, 0.717) is 26.4 Å². The van der Waals surface area contributed by atoms with Crippen LogP contribution in [0.4, 0.5) is 0 Å². The molecule has 2 heterocycles. The molecule has 0 aromatic heterocycles. The highest BCUT2D eigenvalue weighted by atomic mass is 16.5. The summed E-state index contributed by atoms with van der Waals surface area (Å²) < 4.78 is 11.0. The summed E-state index contributed by atoms with van der Waals surface area (Å²) in [7, 11) is 0. The lowest BCUT2D eigenvalue weighted by atomic mass is 10.0. The Labute approximate surface area is 113 Å². The first-order valence-corrected chi connectivity index (χ1v) is 6.79. The Morgan fingerprint density at radius 3 is 2.89 bits per heavy atom. The normalized spacial score (nSPS) is 26.3. The van der Waals surface area contributed by atoms with E-state index in [1.54, 1.807) is 0 Å². The maximum Gasteiger partial charge on any atom is 0.254 e. The van der Waals surface area contributed by atoms with Gasteiger partial charge >= 0.3 is 0 Å². The molecule has 19 heavy (non-hydrogen) atoms. The van der Waals surface area contributed by atoms with E-state index in [-0.39, 0.29) is 18.1 Å². The van der Waals surface area contributed by atoms with Crippen LogP contribution in [0.3, 0.4) is 0 Å². The number of carbonyl (C=O) groups is 1. The highest BCUT2D eigenvalue weighted by Crippen LogP contribution is 2.23. The van der Waals surface area contributed by atoms with Crippen molar-refractivity contribution in [3.63, 3.8) is 0 Å². The molecule has 102 valence electrons. The fourth-order valence-electron chi connectivity index (χ4n) is 2.69. The van der Waals surface area contributed by atoms with Gasteiger partial charge < -0.3 is 14.4 Å². The van der Waals surface area contributed by atoms with Crippen molar-refractivity contribution in [3.8, 4) is 0 Å². The molecule has 1 fully saturated rings. The molecule has 3 rings (SSSR count). The Kier molecular flexibility index (Phi) is 3.29. The lowest BCUT2D eigenvalue weighted by Crippen LogP contribution is -2.51. The zero-order chi connectivity index (χ0) is 13.4. The Hall–Kier alpha value is -1.39. The van der Waals surface area contributed by atoms with Crippen molar-refractivity contribution in [2.24, 2.45) is 0 Å². The number of carbonyl (C=O) groups excluding carboxylic acids is 1. The number of rotatable bonds is 1. The minimum atomic E-state index is 0.0930. The van der Waals surface area contributed by atoms with E-state index < -0.39 is 0 Å². The molecule has 4 nitrogen and oxygen atoms in total. The smallest absolute Gasteiger partial charge is 0.254 e. The molecule has 0 N–H and O–H groups in total. The van der Waals surface area contributed by atoms with Gasteiger partial charge in [0.05, 0.1) is 32.0 Å². The Balaban J connectivity index is 1.83. The lowest BCUT2D eigenvalue weighted by molar-refractivity contribution is -0.0440. The predicted molar refractivity (Wildman–Crippen MR) is 70.8 cm³/mol. The van der Waals surface area contributed by atoms with Gasteiger partial charge in [0.15, 0.2) is 0 Å². The number of amides is 1. The van der Waals surface area contributed by atoms with Crippen molar-refractivity contribution in [3.05, 3.63) is 34.9 Å². The monoisotopic (exact) mass is 261 g/mol. The predicted octanol–water partition coefficient (Wildman–Crippen LogP) is 1.97. The summed E-state index contributed by atoms with van der Waals surface area (Å²) in [5, 5.41) is 0. The van der Waals surface area contributed by atoms with E-state index in [1.165, 1.54) is 5.56 Å². The first-order chi connectivity index (χ1) is 9.16. The van der Waals surface area contributed by atoms with Gasteiger partial charge in [-0.2, -0.15) is 0 Å². The molecule has 0 radical (unpaired) electrons. The lowest BCUT2D eigenvalue weighted by Gasteiger charge is -2.37. The van der Waals surface area contributed by atoms with E-state index >= 15 is 0 Å². The molecule has 2 aliphatic heterocycles. The van der Waals surface area contributed by atoms with Gasteiger partial charge in [0.25, 0.3) is 5.91 Å². The molecule has 1 amide bonds. The molecule has 2 atom stereocenters. The van der Waals surface area contributed by atoms with Gasteiger partial charge in [-0.15, -0.1) is 0 Å². The minimum Gasteiger partial charge on any atom is -0.375 e. The molecule has 0 bridgehead atoms. The number of nitrogens with zero attached hydrogens (tertiary/aromatic N) is 1. The molecule has 0 aliphatic carbocycles.